The van der Waals surface area contributed by atoms with Gasteiger partial charge in [0.05, 0.1) is 6.04 Å². The minimum Gasteiger partial charge on any atom is -0.381 e. The van der Waals surface area contributed by atoms with E-state index in [-0.39, 0.29) is 23.9 Å². The highest BCUT2D eigenvalue weighted by atomic mass is 19.1. The minimum absolute atomic E-state index is 0.155. The Labute approximate surface area is 146 Å². The molecule has 0 spiro atoms. The van der Waals surface area contributed by atoms with Gasteiger partial charge in [-0.2, -0.15) is 0 Å². The van der Waals surface area contributed by atoms with Crippen LogP contribution < -0.4 is 5.32 Å². The maximum Gasteiger partial charge on any atom is 0.318 e. The summed E-state index contributed by atoms with van der Waals surface area (Å²) in [6.45, 7) is 1.35. The number of carbonyl (C=O) groups is 1. The van der Waals surface area contributed by atoms with E-state index in [0.717, 1.165) is 24.0 Å². The summed E-state index contributed by atoms with van der Waals surface area (Å²) in [6.07, 6.45) is 5.03. The zero-order valence-corrected chi connectivity index (χ0v) is 14.2. The summed E-state index contributed by atoms with van der Waals surface area (Å²) < 4.78 is 18.6. The van der Waals surface area contributed by atoms with Crippen LogP contribution in [0.3, 0.4) is 0 Å². The number of hydrogen-bond donors (Lipinski definition) is 1. The molecule has 1 aromatic carbocycles. The molecule has 0 radical (unpaired) electrons. The number of urea groups is 1. The zero-order chi connectivity index (χ0) is 17.6. The molecule has 0 bridgehead atoms. The number of benzene rings is 1. The highest BCUT2D eigenvalue weighted by Gasteiger charge is 2.25. The van der Waals surface area contributed by atoms with Crippen LogP contribution in [0.25, 0.3) is 0 Å². The van der Waals surface area contributed by atoms with E-state index >= 15 is 0 Å². The predicted octanol–water partition coefficient (Wildman–Crippen LogP) is 3.13. The van der Waals surface area contributed by atoms with Gasteiger partial charge in [-0.15, -0.1) is 0 Å². The summed E-state index contributed by atoms with van der Waals surface area (Å²) in [4.78, 5) is 18.5. The quantitative estimate of drug-likeness (QED) is 0.928. The lowest BCUT2D eigenvalue weighted by Gasteiger charge is -2.32. The zero-order valence-electron chi connectivity index (χ0n) is 14.2. The molecule has 132 valence electrons. The fourth-order valence-corrected chi connectivity index (χ4v) is 3.03. The van der Waals surface area contributed by atoms with Gasteiger partial charge in [0.15, 0.2) is 0 Å². The number of pyridine rings is 1. The number of aromatic nitrogens is 1. The first kappa shape index (κ1) is 17.4. The maximum absolute atomic E-state index is 13.3. The number of nitrogens with zero attached hydrogens (tertiary/aromatic N) is 2. The van der Waals surface area contributed by atoms with Gasteiger partial charge in [0, 0.05) is 38.7 Å². The largest absolute Gasteiger partial charge is 0.381 e. The summed E-state index contributed by atoms with van der Waals surface area (Å²) in [5.41, 5.74) is 1.72. The van der Waals surface area contributed by atoms with Crippen LogP contribution in [-0.4, -0.2) is 42.2 Å². The standard InChI is InChI=1S/C19H22FN3O2/c1-23(17-8-12-25-13-9-17)19(24)22-18(15-6-10-21-11-7-15)14-2-4-16(20)5-3-14/h2-7,10-11,17-18H,8-9,12-13H2,1H3,(H,22,24)/t18-/m1/s1. The van der Waals surface area contributed by atoms with Crippen molar-refractivity contribution in [3.8, 4) is 0 Å². The third kappa shape index (κ3) is 4.33. The van der Waals surface area contributed by atoms with Crippen molar-refractivity contribution in [1.82, 2.24) is 15.2 Å². The molecular formula is C19H22FN3O2. The average Bonchev–Trinajstić information content (AvgIpc) is 2.67. The van der Waals surface area contributed by atoms with Gasteiger partial charge < -0.3 is 15.0 Å². The SMILES string of the molecule is CN(C(=O)N[C@@H](c1ccncc1)c1ccc(F)cc1)C1CCOCC1. The van der Waals surface area contributed by atoms with Crippen molar-refractivity contribution in [3.63, 3.8) is 0 Å². The Morgan fingerprint density at radius 2 is 1.76 bits per heavy atom. The number of rotatable bonds is 4. The van der Waals surface area contributed by atoms with Crippen molar-refractivity contribution in [1.29, 1.82) is 0 Å². The Morgan fingerprint density at radius 3 is 2.40 bits per heavy atom. The van der Waals surface area contributed by atoms with Gasteiger partial charge in [-0.25, -0.2) is 9.18 Å². The van der Waals surface area contributed by atoms with E-state index in [1.165, 1.54) is 12.1 Å². The second-order valence-corrected chi connectivity index (χ2v) is 6.17. The molecule has 1 N–H and O–H groups in total. The molecule has 2 heterocycles. The van der Waals surface area contributed by atoms with Crippen LogP contribution in [0.15, 0.2) is 48.8 Å². The van der Waals surface area contributed by atoms with E-state index in [1.54, 1.807) is 36.5 Å². The van der Waals surface area contributed by atoms with Gasteiger partial charge in [0.1, 0.15) is 5.82 Å². The molecule has 5 nitrogen and oxygen atoms in total. The summed E-state index contributed by atoms with van der Waals surface area (Å²) in [5.74, 6) is -0.303. The molecule has 2 amide bonds. The van der Waals surface area contributed by atoms with Crippen LogP contribution in [0.5, 0.6) is 0 Å². The second kappa shape index (κ2) is 8.07. The number of nitrogens with one attached hydrogen (secondary N) is 1. The molecule has 2 aromatic rings. The highest BCUT2D eigenvalue weighted by Crippen LogP contribution is 2.23. The van der Waals surface area contributed by atoms with Gasteiger partial charge in [0.25, 0.3) is 0 Å². The second-order valence-electron chi connectivity index (χ2n) is 6.17. The predicted molar refractivity (Wildman–Crippen MR) is 92.6 cm³/mol. The molecule has 1 fully saturated rings. The normalized spacial score (nSPS) is 16.2. The number of amides is 2. The molecule has 1 aromatic heterocycles. The molecule has 1 aliphatic rings. The third-order valence-electron chi connectivity index (χ3n) is 4.57. The van der Waals surface area contributed by atoms with Gasteiger partial charge in [-0.1, -0.05) is 12.1 Å². The summed E-state index contributed by atoms with van der Waals surface area (Å²) in [7, 11) is 1.81. The van der Waals surface area contributed by atoms with Crippen molar-refractivity contribution in [2.24, 2.45) is 0 Å². The molecule has 0 aliphatic carbocycles. The number of hydrogen-bond acceptors (Lipinski definition) is 3. The van der Waals surface area contributed by atoms with Crippen molar-refractivity contribution in [2.75, 3.05) is 20.3 Å². The van der Waals surface area contributed by atoms with Crippen LogP contribution in [0, 0.1) is 5.82 Å². The Balaban J connectivity index is 1.79. The van der Waals surface area contributed by atoms with Gasteiger partial charge in [-0.05, 0) is 48.2 Å². The third-order valence-corrected chi connectivity index (χ3v) is 4.57. The van der Waals surface area contributed by atoms with Gasteiger partial charge >= 0.3 is 6.03 Å². The first-order valence-corrected chi connectivity index (χ1v) is 8.41. The summed E-state index contributed by atoms with van der Waals surface area (Å²) in [5, 5.41) is 3.06. The van der Waals surface area contributed by atoms with Gasteiger partial charge in [0.2, 0.25) is 0 Å². The average molecular weight is 343 g/mol. The lowest BCUT2D eigenvalue weighted by atomic mass is 9.99. The monoisotopic (exact) mass is 343 g/mol. The van der Waals surface area contributed by atoms with E-state index in [4.69, 9.17) is 4.74 Å². The molecule has 1 aliphatic heterocycles. The van der Waals surface area contributed by atoms with E-state index in [1.807, 2.05) is 12.1 Å². The van der Waals surface area contributed by atoms with Crippen molar-refractivity contribution >= 4 is 6.03 Å². The Hall–Kier alpha value is -2.47. The van der Waals surface area contributed by atoms with E-state index in [2.05, 4.69) is 10.3 Å². The molecule has 3 rings (SSSR count). The smallest absolute Gasteiger partial charge is 0.318 e. The molecule has 25 heavy (non-hydrogen) atoms. The molecule has 0 saturated carbocycles. The molecule has 1 atom stereocenters. The lowest BCUT2D eigenvalue weighted by molar-refractivity contribution is 0.0523. The fourth-order valence-electron chi connectivity index (χ4n) is 3.03. The summed E-state index contributed by atoms with van der Waals surface area (Å²) in [6, 6.07) is 9.53. The van der Waals surface area contributed by atoms with E-state index < -0.39 is 0 Å². The van der Waals surface area contributed by atoms with Crippen LogP contribution >= 0.6 is 0 Å². The number of halogens is 1. The summed E-state index contributed by atoms with van der Waals surface area (Å²) >= 11 is 0. The molecule has 6 heteroatoms. The van der Waals surface area contributed by atoms with Crippen molar-refractivity contribution in [2.45, 2.75) is 24.9 Å². The first-order valence-electron chi connectivity index (χ1n) is 8.41. The Kier molecular flexibility index (Phi) is 5.60. The van der Waals surface area contributed by atoms with Crippen LogP contribution in [0.2, 0.25) is 0 Å². The molecule has 0 unspecified atom stereocenters. The highest BCUT2D eigenvalue weighted by molar-refractivity contribution is 5.75. The van der Waals surface area contributed by atoms with E-state index in [0.29, 0.717) is 13.2 Å². The van der Waals surface area contributed by atoms with E-state index in [9.17, 15) is 9.18 Å². The Bertz CT molecular complexity index is 688. The number of ether oxygens (including phenoxy) is 1. The first-order chi connectivity index (χ1) is 12.1. The molecule has 1 saturated heterocycles. The van der Waals surface area contributed by atoms with Crippen LogP contribution in [-0.2, 0) is 4.74 Å². The van der Waals surface area contributed by atoms with Crippen LogP contribution in [0.1, 0.15) is 30.0 Å². The van der Waals surface area contributed by atoms with Crippen LogP contribution in [0.4, 0.5) is 9.18 Å². The Morgan fingerprint density at radius 1 is 1.16 bits per heavy atom. The number of carbonyl (C=O) groups excluding carboxylic acids is 1. The maximum atomic E-state index is 13.3. The minimum atomic E-state index is -0.363. The molecular weight excluding hydrogens is 321 g/mol. The van der Waals surface area contributed by atoms with Crippen molar-refractivity contribution < 1.29 is 13.9 Å². The topological polar surface area (TPSA) is 54.5 Å². The van der Waals surface area contributed by atoms with Crippen molar-refractivity contribution in [3.05, 3.63) is 65.7 Å². The van der Waals surface area contributed by atoms with Gasteiger partial charge in [-0.3, -0.25) is 4.98 Å². The lowest BCUT2D eigenvalue weighted by Crippen LogP contribution is -2.47. The fraction of sp³-hybridized carbons (Fsp3) is 0.368.